The summed E-state index contributed by atoms with van der Waals surface area (Å²) in [4.78, 5) is 0. The summed E-state index contributed by atoms with van der Waals surface area (Å²) in [6.45, 7) is 2.19. The molecule has 0 saturated heterocycles. The van der Waals surface area contributed by atoms with Crippen LogP contribution in [0.25, 0.3) is 42.1 Å². The van der Waals surface area contributed by atoms with Crippen molar-refractivity contribution in [3.05, 3.63) is 95.6 Å². The number of fused-ring (bicyclic) bond motifs is 6. The van der Waals surface area contributed by atoms with Crippen molar-refractivity contribution in [1.82, 2.24) is 0 Å². The predicted octanol–water partition coefficient (Wildman–Crippen LogP) is 8.11. The fraction of sp³-hybridized carbons (Fsp3) is 0.111. The van der Waals surface area contributed by atoms with E-state index < -0.39 is 0 Å². The minimum Gasteiger partial charge on any atom is -0.456 e. The van der Waals surface area contributed by atoms with Gasteiger partial charge in [0.2, 0.25) is 0 Å². The summed E-state index contributed by atoms with van der Waals surface area (Å²) < 4.78 is 9.02. The minimum atomic E-state index is 0.905. The third kappa shape index (κ3) is 2.53. The van der Waals surface area contributed by atoms with Gasteiger partial charge in [-0.25, -0.2) is 0 Å². The van der Waals surface area contributed by atoms with Crippen molar-refractivity contribution in [2.45, 2.75) is 19.8 Å². The zero-order valence-corrected chi connectivity index (χ0v) is 17.1. The Balaban J connectivity index is 1.63. The maximum Gasteiger partial charge on any atom is 0.138 e. The molecule has 6 aromatic rings. The van der Waals surface area contributed by atoms with Crippen molar-refractivity contribution >= 4 is 53.4 Å². The predicted molar refractivity (Wildman–Crippen MR) is 125 cm³/mol. The fourth-order valence-electron chi connectivity index (χ4n) is 4.58. The van der Waals surface area contributed by atoms with Crippen molar-refractivity contribution in [3.8, 4) is 0 Å². The second-order valence-corrected chi connectivity index (χ2v) is 8.69. The van der Waals surface area contributed by atoms with Gasteiger partial charge in [0.1, 0.15) is 11.2 Å². The largest absolute Gasteiger partial charge is 0.456 e. The average molecular weight is 393 g/mol. The average Bonchev–Trinajstić information content (AvgIpc) is 3.33. The Labute approximate surface area is 173 Å². The second kappa shape index (κ2) is 6.47. The van der Waals surface area contributed by atoms with Gasteiger partial charge in [0.25, 0.3) is 0 Å². The standard InChI is InChI=1S/C27H20OS/c1-2-17-14-15-19(26-20-9-3-5-11-22(20)28-27(17)26)16-18-8-7-13-24-25(18)21-10-4-6-12-23(21)29-24/h3-15H,2,16H2,1H3. The lowest BCUT2D eigenvalue weighted by molar-refractivity contribution is 0.663. The molecule has 0 aliphatic rings. The minimum absolute atomic E-state index is 0.905. The molecule has 0 amide bonds. The van der Waals surface area contributed by atoms with Crippen LogP contribution in [0.5, 0.6) is 0 Å². The van der Waals surface area contributed by atoms with Gasteiger partial charge in [-0.2, -0.15) is 0 Å². The number of rotatable bonds is 3. The lowest BCUT2D eigenvalue weighted by Gasteiger charge is -2.08. The number of para-hydroxylation sites is 1. The molecule has 0 aliphatic carbocycles. The van der Waals surface area contributed by atoms with Gasteiger partial charge in [-0.15, -0.1) is 11.3 Å². The SMILES string of the molecule is CCc1ccc(Cc2cccc3sc4ccccc4c23)c2c1oc1ccccc12. The quantitative estimate of drug-likeness (QED) is 0.296. The zero-order valence-electron chi connectivity index (χ0n) is 16.2. The normalized spacial score (nSPS) is 11.9. The van der Waals surface area contributed by atoms with E-state index in [1.807, 2.05) is 17.4 Å². The van der Waals surface area contributed by atoms with Crippen molar-refractivity contribution < 1.29 is 4.42 Å². The number of aryl methyl sites for hydroxylation is 1. The summed E-state index contributed by atoms with van der Waals surface area (Å²) >= 11 is 1.88. The smallest absolute Gasteiger partial charge is 0.138 e. The van der Waals surface area contributed by atoms with Crippen molar-refractivity contribution in [2.24, 2.45) is 0 Å². The monoisotopic (exact) mass is 392 g/mol. The molecule has 0 radical (unpaired) electrons. The van der Waals surface area contributed by atoms with E-state index >= 15 is 0 Å². The molecule has 0 spiro atoms. The maximum atomic E-state index is 6.30. The zero-order chi connectivity index (χ0) is 19.4. The highest BCUT2D eigenvalue weighted by atomic mass is 32.1. The van der Waals surface area contributed by atoms with E-state index in [0.717, 1.165) is 24.0 Å². The van der Waals surface area contributed by atoms with Crippen molar-refractivity contribution in [2.75, 3.05) is 0 Å². The van der Waals surface area contributed by atoms with Gasteiger partial charge in [-0.3, -0.25) is 0 Å². The summed E-state index contributed by atoms with van der Waals surface area (Å²) in [5, 5.41) is 5.25. The van der Waals surface area contributed by atoms with Crippen LogP contribution in [0.4, 0.5) is 0 Å². The fourth-order valence-corrected chi connectivity index (χ4v) is 5.73. The third-order valence-electron chi connectivity index (χ3n) is 5.94. The first-order valence-corrected chi connectivity index (χ1v) is 11.0. The van der Waals surface area contributed by atoms with Gasteiger partial charge in [0.15, 0.2) is 0 Å². The molecule has 6 rings (SSSR count). The molecule has 0 N–H and O–H groups in total. The van der Waals surface area contributed by atoms with E-state index in [1.165, 1.54) is 47.6 Å². The number of benzene rings is 4. The molecule has 0 atom stereocenters. The second-order valence-electron chi connectivity index (χ2n) is 7.60. The summed E-state index contributed by atoms with van der Waals surface area (Å²) in [5.41, 5.74) is 6.03. The molecule has 4 aromatic carbocycles. The van der Waals surface area contributed by atoms with E-state index in [1.54, 1.807) is 0 Å². The molecular weight excluding hydrogens is 372 g/mol. The Morgan fingerprint density at radius 3 is 2.28 bits per heavy atom. The Kier molecular flexibility index (Phi) is 3.75. The topological polar surface area (TPSA) is 13.1 Å². The Morgan fingerprint density at radius 1 is 0.655 bits per heavy atom. The maximum absolute atomic E-state index is 6.30. The third-order valence-corrected chi connectivity index (χ3v) is 7.08. The first-order valence-electron chi connectivity index (χ1n) is 10.1. The first-order chi connectivity index (χ1) is 14.3. The van der Waals surface area contributed by atoms with E-state index in [0.29, 0.717) is 0 Å². The first kappa shape index (κ1) is 16.8. The number of furan rings is 1. The Hall–Kier alpha value is -3.10. The molecule has 29 heavy (non-hydrogen) atoms. The molecule has 1 nitrogen and oxygen atoms in total. The van der Waals surface area contributed by atoms with E-state index in [2.05, 4.69) is 79.7 Å². The van der Waals surface area contributed by atoms with Gasteiger partial charge >= 0.3 is 0 Å². The van der Waals surface area contributed by atoms with E-state index in [4.69, 9.17) is 4.42 Å². The van der Waals surface area contributed by atoms with Gasteiger partial charge in [-0.05, 0) is 47.7 Å². The summed E-state index contributed by atoms with van der Waals surface area (Å²) in [7, 11) is 0. The molecule has 0 bridgehead atoms. The molecule has 2 heterocycles. The Bertz CT molecular complexity index is 1520. The molecule has 2 aromatic heterocycles. The van der Waals surface area contributed by atoms with Crippen LogP contribution < -0.4 is 0 Å². The van der Waals surface area contributed by atoms with Gasteiger partial charge in [-0.1, -0.05) is 67.6 Å². The van der Waals surface area contributed by atoms with Crippen LogP contribution in [0.1, 0.15) is 23.6 Å². The lowest BCUT2D eigenvalue weighted by Crippen LogP contribution is -1.92. The molecular formula is C27H20OS. The summed E-state index contributed by atoms with van der Waals surface area (Å²) in [5.74, 6) is 0. The number of thiophene rings is 1. The highest BCUT2D eigenvalue weighted by Gasteiger charge is 2.16. The lowest BCUT2D eigenvalue weighted by atomic mass is 9.94. The number of hydrogen-bond acceptors (Lipinski definition) is 2. The van der Waals surface area contributed by atoms with Crippen LogP contribution in [-0.2, 0) is 12.8 Å². The van der Waals surface area contributed by atoms with E-state index in [-0.39, 0.29) is 0 Å². The van der Waals surface area contributed by atoms with Crippen LogP contribution >= 0.6 is 11.3 Å². The molecule has 0 unspecified atom stereocenters. The van der Waals surface area contributed by atoms with Crippen LogP contribution in [0.15, 0.2) is 83.3 Å². The van der Waals surface area contributed by atoms with Crippen LogP contribution in [0.2, 0.25) is 0 Å². The summed E-state index contributed by atoms with van der Waals surface area (Å²) in [6.07, 6.45) is 1.88. The van der Waals surface area contributed by atoms with Crippen LogP contribution in [0.3, 0.4) is 0 Å². The van der Waals surface area contributed by atoms with E-state index in [9.17, 15) is 0 Å². The van der Waals surface area contributed by atoms with Crippen molar-refractivity contribution in [1.29, 1.82) is 0 Å². The van der Waals surface area contributed by atoms with Gasteiger partial charge in [0.05, 0.1) is 0 Å². The van der Waals surface area contributed by atoms with Crippen LogP contribution in [0, 0.1) is 0 Å². The highest BCUT2D eigenvalue weighted by Crippen LogP contribution is 2.39. The van der Waals surface area contributed by atoms with Gasteiger partial charge in [0, 0.05) is 30.9 Å². The van der Waals surface area contributed by atoms with Crippen LogP contribution in [-0.4, -0.2) is 0 Å². The molecule has 0 aliphatic heterocycles. The Morgan fingerprint density at radius 2 is 1.38 bits per heavy atom. The molecule has 140 valence electrons. The highest BCUT2D eigenvalue weighted by molar-refractivity contribution is 7.25. The molecule has 0 saturated carbocycles. The van der Waals surface area contributed by atoms with Crippen molar-refractivity contribution in [3.63, 3.8) is 0 Å². The molecule has 2 heteroatoms. The summed E-state index contributed by atoms with van der Waals surface area (Å²) in [6, 6.07) is 28.4. The number of hydrogen-bond donors (Lipinski definition) is 0. The van der Waals surface area contributed by atoms with Gasteiger partial charge < -0.3 is 4.42 Å². The molecule has 0 fully saturated rings.